The third kappa shape index (κ3) is 30.9. The first-order valence-corrected chi connectivity index (χ1v) is 30.0. The second kappa shape index (κ2) is 40.2. The molecule has 0 radical (unpaired) electrons. The zero-order valence-corrected chi connectivity index (χ0v) is 44.3. The van der Waals surface area contributed by atoms with Crippen LogP contribution in [-0.2, 0) is 33.3 Å². The number of hydrogen-bond donors (Lipinski definition) is 0. The Morgan fingerprint density at radius 3 is 1.61 bits per heavy atom. The van der Waals surface area contributed by atoms with Gasteiger partial charge in [0.25, 0.3) is 0 Å². The molecule has 66 heavy (non-hydrogen) atoms. The second-order valence-corrected chi connectivity index (χ2v) is 22.6. The minimum Gasteiger partial charge on any atom is -0.466 e. The predicted molar refractivity (Wildman–Crippen MR) is 279 cm³/mol. The zero-order chi connectivity index (χ0) is 47.1. The van der Waals surface area contributed by atoms with Crippen LogP contribution in [-0.4, -0.2) is 105 Å². The Morgan fingerprint density at radius 1 is 0.576 bits per heavy atom. The highest BCUT2D eigenvalue weighted by atomic mass is 33.1. The third-order valence-corrected chi connectivity index (χ3v) is 16.7. The summed E-state index contributed by atoms with van der Waals surface area (Å²) in [6.45, 7) is 13.7. The summed E-state index contributed by atoms with van der Waals surface area (Å²) in [5.74, 6) is 4.82. The van der Waals surface area contributed by atoms with Gasteiger partial charge in [0.15, 0.2) is 0 Å². The summed E-state index contributed by atoms with van der Waals surface area (Å²) in [5, 5.41) is 0. The molecule has 0 saturated carbocycles. The van der Waals surface area contributed by atoms with Crippen LogP contribution >= 0.6 is 21.6 Å². The van der Waals surface area contributed by atoms with Crippen LogP contribution in [0.5, 0.6) is 0 Å². The van der Waals surface area contributed by atoms with Gasteiger partial charge in [-0.05, 0) is 114 Å². The number of unbranched alkanes of at least 4 members (excludes halogenated alkanes) is 14. The minimum atomic E-state index is -0.192. The molecule has 9 nitrogen and oxygen atoms in total. The van der Waals surface area contributed by atoms with E-state index in [1.54, 1.807) is 7.11 Å². The third-order valence-electron chi connectivity index (χ3n) is 14.3. The average molecular weight is 964 g/mol. The molecule has 0 atom stereocenters. The van der Waals surface area contributed by atoms with Crippen molar-refractivity contribution >= 4 is 39.5 Å². The summed E-state index contributed by atoms with van der Waals surface area (Å²) in [6, 6.07) is 0. The van der Waals surface area contributed by atoms with Crippen LogP contribution in [0.2, 0.25) is 0 Å². The number of rotatable bonds is 41. The van der Waals surface area contributed by atoms with E-state index < -0.39 is 0 Å². The summed E-state index contributed by atoms with van der Waals surface area (Å²) < 4.78 is 22.2. The molecular formula is C55H98N2O7S2. The van der Waals surface area contributed by atoms with E-state index in [0.717, 1.165) is 82.7 Å². The van der Waals surface area contributed by atoms with Crippen molar-refractivity contribution in [2.24, 2.45) is 17.8 Å². The number of likely N-dealkylation sites (tertiary alicyclic amines) is 2. The van der Waals surface area contributed by atoms with Gasteiger partial charge in [0, 0.05) is 57.6 Å². The fourth-order valence-corrected chi connectivity index (χ4v) is 11.8. The van der Waals surface area contributed by atoms with Crippen molar-refractivity contribution < 1.29 is 33.3 Å². The van der Waals surface area contributed by atoms with Gasteiger partial charge in [0.1, 0.15) is 5.76 Å². The van der Waals surface area contributed by atoms with Crippen LogP contribution in [0.4, 0.5) is 0 Å². The molecule has 2 heterocycles. The van der Waals surface area contributed by atoms with E-state index in [9.17, 15) is 14.4 Å². The largest absolute Gasteiger partial charge is 0.466 e. The van der Waals surface area contributed by atoms with Gasteiger partial charge in [0.05, 0.1) is 19.6 Å². The van der Waals surface area contributed by atoms with Crippen LogP contribution in [0, 0.1) is 17.8 Å². The maximum Gasteiger partial charge on any atom is 0.310 e. The lowest BCUT2D eigenvalue weighted by molar-refractivity contribution is -0.144. The van der Waals surface area contributed by atoms with E-state index >= 15 is 0 Å². The SMILES string of the molecule is CCCCCCCCC(CCCCCCCC)CCOC(=O)CCCCCCCC(=O)OC1=CC=C(CC(=O)OCCC2CCN(CCSSCCN3CCC(CCOC)CC3)CC2)CC1. The van der Waals surface area contributed by atoms with E-state index in [1.165, 1.54) is 153 Å². The Hall–Kier alpha value is -1.53. The first-order chi connectivity index (χ1) is 32.4. The standard InChI is InChI=1S/C55H98N2O7S2/c1-4-6-8-10-13-17-21-48(22-18-14-11-9-7-5-2)34-43-62-53(58)23-19-15-12-16-20-24-54(59)64-52-27-25-51(26-28-52)47-55(60)63-44-35-50-31-38-57(39-32-50)41-46-66-65-45-40-56-36-29-49(30-37-56)33-42-61-3/h25,27,48-50H,4-24,26,28-47H2,1-3H3. The Bertz CT molecular complexity index is 1280. The summed E-state index contributed by atoms with van der Waals surface area (Å²) in [5.41, 5.74) is 1.03. The summed E-state index contributed by atoms with van der Waals surface area (Å²) in [4.78, 5) is 42.8. The van der Waals surface area contributed by atoms with Crippen LogP contribution in [0.15, 0.2) is 23.5 Å². The molecular weight excluding hydrogens is 865 g/mol. The molecule has 11 heteroatoms. The van der Waals surface area contributed by atoms with E-state index in [0.29, 0.717) is 62.9 Å². The van der Waals surface area contributed by atoms with Gasteiger partial charge in [-0.1, -0.05) is 156 Å². The van der Waals surface area contributed by atoms with E-state index in [2.05, 4.69) is 23.6 Å². The highest BCUT2D eigenvalue weighted by Crippen LogP contribution is 2.27. The maximum atomic E-state index is 12.6. The smallest absolute Gasteiger partial charge is 0.310 e. The number of carbonyl (C=O) groups is 3. The molecule has 0 N–H and O–H groups in total. The molecule has 1 aliphatic carbocycles. The lowest BCUT2D eigenvalue weighted by atomic mass is 9.91. The first kappa shape index (κ1) is 58.8. The number of methoxy groups -OCH3 is 1. The van der Waals surface area contributed by atoms with Crippen LogP contribution < -0.4 is 0 Å². The molecule has 2 aliphatic heterocycles. The molecule has 0 spiro atoms. The fourth-order valence-electron chi connectivity index (χ4n) is 9.74. The normalized spacial score (nSPS) is 16.7. The monoisotopic (exact) mass is 963 g/mol. The van der Waals surface area contributed by atoms with Crippen molar-refractivity contribution in [1.82, 2.24) is 9.80 Å². The quantitative estimate of drug-likeness (QED) is 0.0254. The molecule has 382 valence electrons. The predicted octanol–water partition coefficient (Wildman–Crippen LogP) is 14.1. The highest BCUT2D eigenvalue weighted by molar-refractivity contribution is 8.76. The van der Waals surface area contributed by atoms with Gasteiger partial charge in [-0.2, -0.15) is 0 Å². The summed E-state index contributed by atoms with van der Waals surface area (Å²) in [7, 11) is 5.87. The lowest BCUT2D eigenvalue weighted by Crippen LogP contribution is -2.35. The van der Waals surface area contributed by atoms with Crippen molar-refractivity contribution in [1.29, 1.82) is 0 Å². The first-order valence-electron chi connectivity index (χ1n) is 27.5. The number of piperidine rings is 2. The number of hydrogen-bond acceptors (Lipinski definition) is 11. The van der Waals surface area contributed by atoms with Crippen LogP contribution in [0.1, 0.15) is 213 Å². The van der Waals surface area contributed by atoms with Gasteiger partial charge < -0.3 is 28.7 Å². The number of ether oxygens (including phenoxy) is 4. The van der Waals surface area contributed by atoms with E-state index in [-0.39, 0.29) is 17.9 Å². The van der Waals surface area contributed by atoms with Crippen molar-refractivity contribution in [2.75, 3.05) is 77.7 Å². The molecule has 0 aromatic rings. The average Bonchev–Trinajstić information content (AvgIpc) is 3.32. The maximum absolute atomic E-state index is 12.6. The zero-order valence-electron chi connectivity index (χ0n) is 42.7. The van der Waals surface area contributed by atoms with Crippen molar-refractivity contribution in [3.8, 4) is 0 Å². The molecule has 0 aromatic carbocycles. The number of carbonyl (C=O) groups excluding carboxylic acids is 3. The Labute approximate surface area is 412 Å². The second-order valence-electron chi connectivity index (χ2n) is 19.9. The highest BCUT2D eigenvalue weighted by Gasteiger charge is 2.21. The minimum absolute atomic E-state index is 0.0605. The van der Waals surface area contributed by atoms with Crippen LogP contribution in [0.3, 0.4) is 0 Å². The molecule has 2 saturated heterocycles. The Balaban J connectivity index is 1.12. The number of allylic oxidation sites excluding steroid dienone is 3. The van der Waals surface area contributed by atoms with Gasteiger partial charge in [-0.25, -0.2) is 0 Å². The Morgan fingerprint density at radius 2 is 1.08 bits per heavy atom. The molecule has 3 rings (SSSR count). The Kier molecular flexibility index (Phi) is 35.8. The molecule has 0 unspecified atom stereocenters. The van der Waals surface area contributed by atoms with Gasteiger partial charge in [0.2, 0.25) is 0 Å². The number of nitrogens with zero attached hydrogens (tertiary/aromatic N) is 2. The summed E-state index contributed by atoms with van der Waals surface area (Å²) >= 11 is 0. The van der Waals surface area contributed by atoms with Crippen molar-refractivity contribution in [3.05, 3.63) is 23.5 Å². The van der Waals surface area contributed by atoms with Gasteiger partial charge in [-0.3, -0.25) is 14.4 Å². The molecule has 3 aliphatic rings. The summed E-state index contributed by atoms with van der Waals surface area (Å²) in [6.07, 6.45) is 37.6. The fraction of sp³-hybridized carbons (Fsp3) is 0.873. The lowest BCUT2D eigenvalue weighted by Gasteiger charge is -2.32. The molecule has 2 fully saturated rings. The van der Waals surface area contributed by atoms with Crippen LogP contribution in [0.25, 0.3) is 0 Å². The van der Waals surface area contributed by atoms with E-state index in [1.807, 2.05) is 33.7 Å². The molecule has 0 amide bonds. The topological polar surface area (TPSA) is 94.6 Å². The molecule has 0 aromatic heterocycles. The van der Waals surface area contributed by atoms with Crippen molar-refractivity contribution in [3.63, 3.8) is 0 Å². The van der Waals surface area contributed by atoms with Gasteiger partial charge >= 0.3 is 17.9 Å². The number of esters is 3. The van der Waals surface area contributed by atoms with Gasteiger partial charge in [-0.15, -0.1) is 0 Å². The van der Waals surface area contributed by atoms with E-state index in [4.69, 9.17) is 18.9 Å². The van der Waals surface area contributed by atoms with Crippen molar-refractivity contribution in [2.45, 2.75) is 213 Å². The molecule has 0 bridgehead atoms.